The van der Waals surface area contributed by atoms with Crippen molar-refractivity contribution in [2.75, 3.05) is 0 Å². The number of furan rings is 1. The van der Waals surface area contributed by atoms with Gasteiger partial charge >= 0.3 is 0 Å². The zero-order valence-electron chi connectivity index (χ0n) is 32.9. The summed E-state index contributed by atoms with van der Waals surface area (Å²) in [7, 11) is 0. The van der Waals surface area contributed by atoms with Gasteiger partial charge in [-0.1, -0.05) is 102 Å². The summed E-state index contributed by atoms with van der Waals surface area (Å²) in [6, 6.07) is 34.1. The van der Waals surface area contributed by atoms with Crippen LogP contribution in [0.3, 0.4) is 0 Å². The number of hydrogen-bond donors (Lipinski definition) is 0. The molecule has 6 heteroatoms. The van der Waals surface area contributed by atoms with Gasteiger partial charge in [-0.25, -0.2) is 4.98 Å². The number of rotatable bonds is 4. The Bertz CT molecular complexity index is 2520. The van der Waals surface area contributed by atoms with Crippen molar-refractivity contribution in [3.63, 3.8) is 0 Å². The second-order valence-corrected chi connectivity index (χ2v) is 17.5. The van der Waals surface area contributed by atoms with Gasteiger partial charge in [0.1, 0.15) is 11.1 Å². The smallest absolute Gasteiger partial charge is 0.148 e. The molecule has 0 N–H and O–H groups in total. The molecular weight excluding hydrogens is 859 g/mol. The first kappa shape index (κ1) is 39.2. The summed E-state index contributed by atoms with van der Waals surface area (Å²) in [5, 5.41) is 3.27. The van der Waals surface area contributed by atoms with E-state index in [0.717, 1.165) is 66.1 Å². The van der Waals surface area contributed by atoms with Crippen LogP contribution in [0.1, 0.15) is 74.4 Å². The Labute approximate surface area is 337 Å². The fourth-order valence-corrected chi connectivity index (χ4v) is 7.82. The van der Waals surface area contributed by atoms with Crippen molar-refractivity contribution < 1.29 is 24.5 Å². The number of aryl methyl sites for hydroxylation is 4. The summed E-state index contributed by atoms with van der Waals surface area (Å²) in [6.45, 7) is 21.9. The number of thiazole rings is 1. The molecule has 54 heavy (non-hydrogen) atoms. The van der Waals surface area contributed by atoms with E-state index in [-0.39, 0.29) is 30.9 Å². The van der Waals surface area contributed by atoms with Gasteiger partial charge < -0.3 is 14.4 Å². The van der Waals surface area contributed by atoms with Crippen LogP contribution in [-0.4, -0.2) is 15.0 Å². The first-order chi connectivity index (χ1) is 25.2. The van der Waals surface area contributed by atoms with E-state index in [2.05, 4.69) is 140 Å². The van der Waals surface area contributed by atoms with Gasteiger partial charge in [-0.15, -0.1) is 64.9 Å². The van der Waals surface area contributed by atoms with Crippen LogP contribution in [0.15, 0.2) is 95.7 Å². The van der Waals surface area contributed by atoms with E-state index in [1.807, 2.05) is 37.4 Å². The third kappa shape index (κ3) is 8.12. The molecule has 0 spiro atoms. The molecule has 8 aromatic rings. The average Bonchev–Trinajstić information content (AvgIpc) is 3.72. The minimum atomic E-state index is -0.0101. The fourth-order valence-electron chi connectivity index (χ4n) is 6.79. The third-order valence-electron chi connectivity index (χ3n) is 9.47. The predicted molar refractivity (Wildman–Crippen MR) is 224 cm³/mol. The van der Waals surface area contributed by atoms with Gasteiger partial charge in [0.2, 0.25) is 0 Å². The standard InChI is InChI=1S/C35H35N2OS.C13H12N.Ir/c1-20-11-9-12-21(2)29(20)26-17-27(36-19-22(26)18-34(3,4)5)25-14-10-13-23-24-15-16-28-30(32(24)38-31(23)25)37-33(39-28)35(6,7)8;1-10-3-6-12(7-4-10)13-8-5-11(2)9-14-13;/h9-13,15-17,19H,18H2,1-8H3;3-6,8-9H,1-2H3;/q2*-1;. The van der Waals surface area contributed by atoms with Crippen molar-refractivity contribution in [3.05, 3.63) is 136 Å². The number of nitrogens with zero attached hydrogens (tertiary/aromatic N) is 3. The molecule has 0 aliphatic heterocycles. The van der Waals surface area contributed by atoms with Crippen molar-refractivity contribution in [1.29, 1.82) is 0 Å². The molecule has 0 aliphatic carbocycles. The van der Waals surface area contributed by atoms with Crippen molar-refractivity contribution in [1.82, 2.24) is 15.0 Å². The molecule has 4 aromatic heterocycles. The zero-order valence-corrected chi connectivity index (χ0v) is 36.1. The molecule has 0 aliphatic rings. The summed E-state index contributed by atoms with van der Waals surface area (Å²) in [6.07, 6.45) is 4.88. The Morgan fingerprint density at radius 2 is 1.43 bits per heavy atom. The van der Waals surface area contributed by atoms with E-state index < -0.39 is 0 Å². The summed E-state index contributed by atoms with van der Waals surface area (Å²) in [5.41, 5.74) is 15.3. The number of aromatic nitrogens is 3. The van der Waals surface area contributed by atoms with Crippen molar-refractivity contribution in [3.8, 4) is 33.6 Å². The van der Waals surface area contributed by atoms with Crippen LogP contribution in [-0.2, 0) is 31.9 Å². The summed E-state index contributed by atoms with van der Waals surface area (Å²) < 4.78 is 7.81. The number of pyridine rings is 2. The SMILES string of the molecule is Cc1c[c-]c(-c2ccc(C)cn2)cc1.Cc1cccc(C)c1-c1cc(-c2[c-]ccc3c2oc2c3ccc3sc(C(C)(C)C)nc32)ncc1CC(C)(C)C.[Ir]. The first-order valence-electron chi connectivity index (χ1n) is 18.3. The van der Waals surface area contributed by atoms with Crippen LogP contribution in [0, 0.1) is 45.2 Å². The van der Waals surface area contributed by atoms with Gasteiger partial charge in [0.15, 0.2) is 0 Å². The van der Waals surface area contributed by atoms with Crippen molar-refractivity contribution in [2.24, 2.45) is 5.41 Å². The van der Waals surface area contributed by atoms with Gasteiger partial charge in [-0.05, 0) is 83.4 Å². The molecule has 277 valence electrons. The van der Waals surface area contributed by atoms with E-state index in [1.165, 1.54) is 38.9 Å². The van der Waals surface area contributed by atoms with Gasteiger partial charge in [0.05, 0.1) is 15.3 Å². The summed E-state index contributed by atoms with van der Waals surface area (Å²) in [5.74, 6) is 0. The third-order valence-corrected chi connectivity index (χ3v) is 10.9. The Kier molecular flexibility index (Phi) is 11.1. The normalized spacial score (nSPS) is 11.8. The van der Waals surface area contributed by atoms with Crippen molar-refractivity contribution in [2.45, 2.75) is 81.1 Å². The molecule has 0 saturated carbocycles. The molecular formula is C48H47IrN3OS-2. The molecule has 0 amide bonds. The van der Waals surface area contributed by atoms with Gasteiger partial charge in [-0.2, -0.15) is 0 Å². The maximum absolute atomic E-state index is 6.65. The molecule has 4 nitrogen and oxygen atoms in total. The zero-order chi connectivity index (χ0) is 37.7. The monoisotopic (exact) mass is 906 g/mol. The second kappa shape index (κ2) is 15.3. The largest absolute Gasteiger partial charge is 0.498 e. The number of hydrogen-bond acceptors (Lipinski definition) is 5. The molecule has 8 rings (SSSR count). The molecule has 0 unspecified atom stereocenters. The average molecular weight is 906 g/mol. The number of fused-ring (bicyclic) bond motifs is 5. The Balaban J connectivity index is 0.000000279. The van der Waals surface area contributed by atoms with E-state index in [0.29, 0.717) is 0 Å². The van der Waals surface area contributed by atoms with Crippen LogP contribution in [0.4, 0.5) is 0 Å². The van der Waals surface area contributed by atoms with Crippen LogP contribution >= 0.6 is 11.3 Å². The molecule has 4 heterocycles. The van der Waals surface area contributed by atoms with Crippen LogP contribution < -0.4 is 0 Å². The van der Waals surface area contributed by atoms with E-state index in [9.17, 15) is 0 Å². The Hall–Kier alpha value is -4.48. The quantitative estimate of drug-likeness (QED) is 0.165. The molecule has 0 atom stereocenters. The molecule has 1 radical (unpaired) electrons. The Morgan fingerprint density at radius 1 is 0.722 bits per heavy atom. The van der Waals surface area contributed by atoms with E-state index in [4.69, 9.17) is 14.4 Å². The maximum Gasteiger partial charge on any atom is 0.148 e. The second-order valence-electron chi connectivity index (χ2n) is 16.5. The number of benzene rings is 4. The van der Waals surface area contributed by atoms with Gasteiger partial charge in [0, 0.05) is 43.3 Å². The molecule has 0 saturated heterocycles. The van der Waals surface area contributed by atoms with Gasteiger partial charge in [-0.3, -0.25) is 0 Å². The van der Waals surface area contributed by atoms with E-state index >= 15 is 0 Å². The first-order valence-corrected chi connectivity index (χ1v) is 19.1. The summed E-state index contributed by atoms with van der Waals surface area (Å²) >= 11 is 1.75. The van der Waals surface area contributed by atoms with Crippen LogP contribution in [0.2, 0.25) is 0 Å². The molecule has 4 aromatic carbocycles. The summed E-state index contributed by atoms with van der Waals surface area (Å²) in [4.78, 5) is 14.4. The Morgan fingerprint density at radius 3 is 2.07 bits per heavy atom. The maximum atomic E-state index is 6.65. The fraction of sp³-hybridized carbons (Fsp3) is 0.271. The topological polar surface area (TPSA) is 51.8 Å². The van der Waals surface area contributed by atoms with Crippen LogP contribution in [0.5, 0.6) is 0 Å². The molecule has 0 bridgehead atoms. The minimum absolute atomic E-state index is 0. The minimum Gasteiger partial charge on any atom is -0.498 e. The molecule has 0 fully saturated rings. The predicted octanol–water partition coefficient (Wildman–Crippen LogP) is 13.4. The van der Waals surface area contributed by atoms with Gasteiger partial charge in [0.25, 0.3) is 0 Å². The van der Waals surface area contributed by atoms with E-state index in [1.54, 1.807) is 11.3 Å². The van der Waals surface area contributed by atoms with Crippen LogP contribution in [0.25, 0.3) is 65.8 Å². The van der Waals surface area contributed by atoms with Crippen molar-refractivity contribution >= 4 is 43.5 Å².